The Morgan fingerprint density at radius 1 is 1.16 bits per heavy atom. The lowest BCUT2D eigenvalue weighted by molar-refractivity contribution is -0.384. The molecule has 10 nitrogen and oxygen atoms in total. The van der Waals surface area contributed by atoms with E-state index in [4.69, 9.17) is 0 Å². The number of hydrogen-bond acceptors (Lipinski definition) is 6. The molecule has 0 radical (unpaired) electrons. The third kappa shape index (κ3) is 6.27. The standard InChI is InChI=1S/C21H26N4O6S/c1-15-7-5-8-17(11-15)13-23(16(2)21(27)22-3)20(26)14-24(32(4,30)31)18-9-6-10-19(12-18)25(28)29/h5-12,16H,13-14H2,1-4H3,(H,22,27). The summed E-state index contributed by atoms with van der Waals surface area (Å²) in [5.41, 5.74) is 1.42. The van der Waals surface area contributed by atoms with Crippen molar-refractivity contribution in [1.82, 2.24) is 10.2 Å². The van der Waals surface area contributed by atoms with Crippen LogP contribution in [0.4, 0.5) is 11.4 Å². The number of hydrogen-bond donors (Lipinski definition) is 1. The van der Waals surface area contributed by atoms with Crippen molar-refractivity contribution in [2.24, 2.45) is 0 Å². The first kappa shape index (κ1) is 24.8. The molecule has 2 rings (SSSR count). The number of aryl methyl sites for hydroxylation is 1. The number of sulfonamides is 1. The Labute approximate surface area is 187 Å². The molecule has 172 valence electrons. The summed E-state index contributed by atoms with van der Waals surface area (Å²) in [6.07, 6.45) is 0.909. The molecule has 0 aliphatic heterocycles. The van der Waals surface area contributed by atoms with Crippen LogP contribution in [0.25, 0.3) is 0 Å². The molecule has 0 saturated carbocycles. The highest BCUT2D eigenvalue weighted by atomic mass is 32.2. The molecule has 1 atom stereocenters. The van der Waals surface area contributed by atoms with Crippen molar-refractivity contribution >= 4 is 33.2 Å². The number of anilines is 1. The topological polar surface area (TPSA) is 130 Å². The van der Waals surface area contributed by atoms with E-state index in [0.717, 1.165) is 27.8 Å². The smallest absolute Gasteiger partial charge is 0.271 e. The van der Waals surface area contributed by atoms with Gasteiger partial charge in [0.15, 0.2) is 0 Å². The van der Waals surface area contributed by atoms with Crippen molar-refractivity contribution in [3.63, 3.8) is 0 Å². The normalized spacial score (nSPS) is 12.0. The van der Waals surface area contributed by atoms with E-state index in [1.807, 2.05) is 25.1 Å². The Hall–Kier alpha value is -3.47. The quantitative estimate of drug-likeness (QED) is 0.447. The summed E-state index contributed by atoms with van der Waals surface area (Å²) < 4.78 is 25.7. The van der Waals surface area contributed by atoms with Gasteiger partial charge < -0.3 is 10.2 Å². The number of amides is 2. The van der Waals surface area contributed by atoms with E-state index in [2.05, 4.69) is 5.32 Å². The second-order valence-corrected chi connectivity index (χ2v) is 9.25. The number of rotatable bonds is 9. The van der Waals surface area contributed by atoms with Gasteiger partial charge in [-0.15, -0.1) is 0 Å². The Balaban J connectivity index is 2.42. The molecule has 0 aliphatic rings. The van der Waals surface area contributed by atoms with Gasteiger partial charge in [0, 0.05) is 25.7 Å². The Morgan fingerprint density at radius 2 is 1.81 bits per heavy atom. The molecule has 0 spiro atoms. The van der Waals surface area contributed by atoms with E-state index < -0.39 is 39.3 Å². The van der Waals surface area contributed by atoms with Gasteiger partial charge in [0.1, 0.15) is 12.6 Å². The average Bonchev–Trinajstić information content (AvgIpc) is 2.73. The second kappa shape index (κ2) is 10.2. The van der Waals surface area contributed by atoms with Gasteiger partial charge in [-0.3, -0.25) is 24.0 Å². The van der Waals surface area contributed by atoms with Crippen LogP contribution in [0.1, 0.15) is 18.1 Å². The zero-order valence-electron chi connectivity index (χ0n) is 18.3. The molecule has 0 heterocycles. The van der Waals surface area contributed by atoms with Gasteiger partial charge in [0.2, 0.25) is 21.8 Å². The molecule has 2 aromatic carbocycles. The van der Waals surface area contributed by atoms with Crippen LogP contribution in [0, 0.1) is 17.0 Å². The fourth-order valence-corrected chi connectivity index (χ4v) is 4.02. The van der Waals surface area contributed by atoms with Crippen LogP contribution in [-0.4, -0.2) is 55.9 Å². The highest BCUT2D eigenvalue weighted by Gasteiger charge is 2.30. The summed E-state index contributed by atoms with van der Waals surface area (Å²) in [5.74, 6) is -1.04. The van der Waals surface area contributed by atoms with Gasteiger partial charge in [-0.2, -0.15) is 0 Å². The lowest BCUT2D eigenvalue weighted by Gasteiger charge is -2.31. The molecule has 11 heteroatoms. The summed E-state index contributed by atoms with van der Waals surface area (Å²) in [6, 6.07) is 11.5. The molecule has 1 unspecified atom stereocenters. The van der Waals surface area contributed by atoms with Crippen LogP contribution in [-0.2, 0) is 26.2 Å². The molecule has 2 amide bonds. The van der Waals surface area contributed by atoms with E-state index in [-0.39, 0.29) is 17.9 Å². The largest absolute Gasteiger partial charge is 0.357 e. The van der Waals surface area contributed by atoms with Crippen molar-refractivity contribution in [3.8, 4) is 0 Å². The number of nitro benzene ring substituents is 1. The highest BCUT2D eigenvalue weighted by molar-refractivity contribution is 7.92. The Kier molecular flexibility index (Phi) is 7.92. The van der Waals surface area contributed by atoms with Crippen molar-refractivity contribution in [1.29, 1.82) is 0 Å². The van der Waals surface area contributed by atoms with Crippen LogP contribution < -0.4 is 9.62 Å². The van der Waals surface area contributed by atoms with Crippen molar-refractivity contribution in [2.45, 2.75) is 26.4 Å². The van der Waals surface area contributed by atoms with Gasteiger partial charge >= 0.3 is 0 Å². The number of likely N-dealkylation sites (N-methyl/N-ethyl adjacent to an activating group) is 1. The molecule has 32 heavy (non-hydrogen) atoms. The molecular formula is C21H26N4O6S. The van der Waals surface area contributed by atoms with Gasteiger partial charge in [0.05, 0.1) is 16.9 Å². The minimum Gasteiger partial charge on any atom is -0.357 e. The zero-order chi connectivity index (χ0) is 24.1. The van der Waals surface area contributed by atoms with Gasteiger partial charge in [-0.1, -0.05) is 35.9 Å². The fraction of sp³-hybridized carbons (Fsp3) is 0.333. The number of nitrogens with one attached hydrogen (secondary N) is 1. The summed E-state index contributed by atoms with van der Waals surface area (Å²) in [4.78, 5) is 37.3. The van der Waals surface area contributed by atoms with Crippen molar-refractivity contribution in [3.05, 3.63) is 69.8 Å². The number of nitrogens with zero attached hydrogens (tertiary/aromatic N) is 3. The number of nitro groups is 1. The van der Waals surface area contributed by atoms with E-state index in [9.17, 15) is 28.1 Å². The first-order chi connectivity index (χ1) is 14.9. The third-order valence-electron chi connectivity index (χ3n) is 4.86. The van der Waals surface area contributed by atoms with Crippen LogP contribution >= 0.6 is 0 Å². The maximum atomic E-state index is 13.2. The number of carbonyl (C=O) groups excluding carboxylic acids is 2. The predicted octanol–water partition coefficient (Wildman–Crippen LogP) is 1.83. The van der Waals surface area contributed by atoms with Crippen LogP contribution in [0.5, 0.6) is 0 Å². The highest BCUT2D eigenvalue weighted by Crippen LogP contribution is 2.24. The summed E-state index contributed by atoms with van der Waals surface area (Å²) in [5, 5.41) is 13.6. The number of non-ortho nitro benzene ring substituents is 1. The van der Waals surface area contributed by atoms with E-state index in [1.54, 1.807) is 13.0 Å². The molecule has 0 aromatic heterocycles. The van der Waals surface area contributed by atoms with Gasteiger partial charge in [0.25, 0.3) is 5.69 Å². The maximum absolute atomic E-state index is 13.2. The van der Waals surface area contributed by atoms with Crippen molar-refractivity contribution < 1.29 is 22.9 Å². The molecule has 0 bridgehead atoms. The monoisotopic (exact) mass is 462 g/mol. The van der Waals surface area contributed by atoms with Crippen LogP contribution in [0.15, 0.2) is 48.5 Å². The van der Waals surface area contributed by atoms with Gasteiger partial charge in [-0.25, -0.2) is 8.42 Å². The molecule has 0 fully saturated rings. The minimum absolute atomic E-state index is 0.0156. The summed E-state index contributed by atoms with van der Waals surface area (Å²) >= 11 is 0. The van der Waals surface area contributed by atoms with E-state index in [1.165, 1.54) is 30.1 Å². The van der Waals surface area contributed by atoms with E-state index in [0.29, 0.717) is 0 Å². The van der Waals surface area contributed by atoms with Crippen molar-refractivity contribution in [2.75, 3.05) is 24.2 Å². The number of benzene rings is 2. The fourth-order valence-electron chi connectivity index (χ4n) is 3.17. The summed E-state index contributed by atoms with van der Waals surface area (Å²) in [7, 11) is -2.51. The minimum atomic E-state index is -3.96. The first-order valence-electron chi connectivity index (χ1n) is 9.72. The molecule has 0 saturated heterocycles. The second-order valence-electron chi connectivity index (χ2n) is 7.35. The Morgan fingerprint density at radius 3 is 2.38 bits per heavy atom. The average molecular weight is 463 g/mol. The summed E-state index contributed by atoms with van der Waals surface area (Å²) in [6.45, 7) is 2.91. The maximum Gasteiger partial charge on any atom is 0.271 e. The molecular weight excluding hydrogens is 436 g/mol. The lowest BCUT2D eigenvalue weighted by atomic mass is 10.1. The van der Waals surface area contributed by atoms with Gasteiger partial charge in [-0.05, 0) is 25.5 Å². The number of carbonyl (C=O) groups is 2. The molecule has 1 N–H and O–H groups in total. The Bertz CT molecular complexity index is 1120. The van der Waals surface area contributed by atoms with E-state index >= 15 is 0 Å². The molecule has 0 aliphatic carbocycles. The van der Waals surface area contributed by atoms with Crippen LogP contribution in [0.3, 0.4) is 0 Å². The molecule has 2 aromatic rings. The third-order valence-corrected chi connectivity index (χ3v) is 6.00. The SMILES string of the molecule is CNC(=O)C(C)N(Cc1cccc(C)c1)C(=O)CN(c1cccc([N+](=O)[O-])c1)S(C)(=O)=O. The first-order valence-corrected chi connectivity index (χ1v) is 11.6. The zero-order valence-corrected chi connectivity index (χ0v) is 19.1. The van der Waals surface area contributed by atoms with Crippen LogP contribution in [0.2, 0.25) is 0 Å². The lowest BCUT2D eigenvalue weighted by Crippen LogP contribution is -2.50. The predicted molar refractivity (Wildman–Crippen MR) is 121 cm³/mol.